The van der Waals surface area contributed by atoms with Crippen molar-refractivity contribution in [2.24, 2.45) is 22.4 Å². The van der Waals surface area contributed by atoms with Gasteiger partial charge in [-0.15, -0.1) is 0 Å². The zero-order chi connectivity index (χ0) is 15.2. The molecule has 1 aromatic heterocycles. The number of amides is 1. The number of benzene rings is 1. The van der Waals surface area contributed by atoms with Gasteiger partial charge in [-0.25, -0.2) is 5.43 Å². The predicted molar refractivity (Wildman–Crippen MR) is 87.6 cm³/mol. The lowest BCUT2D eigenvalue weighted by molar-refractivity contribution is -0.123. The van der Waals surface area contributed by atoms with Gasteiger partial charge in [-0.1, -0.05) is 38.0 Å². The third-order valence-corrected chi connectivity index (χ3v) is 5.61. The second kappa shape index (κ2) is 4.97. The summed E-state index contributed by atoms with van der Waals surface area (Å²) in [5, 5.41) is 5.29. The lowest BCUT2D eigenvalue weighted by Crippen LogP contribution is -2.22. The van der Waals surface area contributed by atoms with E-state index < -0.39 is 0 Å². The lowest BCUT2D eigenvalue weighted by atomic mass is 9.90. The summed E-state index contributed by atoms with van der Waals surface area (Å²) in [5.41, 5.74) is 5.06. The maximum atomic E-state index is 12.3. The van der Waals surface area contributed by atoms with Gasteiger partial charge in [-0.2, -0.15) is 5.10 Å². The number of fused-ring (bicyclic) bond motifs is 2. The number of H-pyrrole nitrogens is 1. The summed E-state index contributed by atoms with van der Waals surface area (Å²) < 4.78 is 0. The fourth-order valence-corrected chi connectivity index (χ4v) is 4.29. The van der Waals surface area contributed by atoms with Crippen molar-refractivity contribution < 1.29 is 4.79 Å². The second-order valence-corrected chi connectivity index (χ2v) is 6.86. The van der Waals surface area contributed by atoms with E-state index in [1.54, 1.807) is 6.21 Å². The molecule has 1 aromatic carbocycles. The Labute approximate surface area is 130 Å². The molecule has 0 spiro atoms. The van der Waals surface area contributed by atoms with Crippen molar-refractivity contribution in [1.82, 2.24) is 10.4 Å². The van der Waals surface area contributed by atoms with Crippen LogP contribution in [0.2, 0.25) is 0 Å². The number of nitrogens with zero attached hydrogens (tertiary/aromatic N) is 1. The number of carbonyl (C=O) groups excluding carboxylic acids is 1. The maximum absolute atomic E-state index is 12.3. The number of hydrogen-bond donors (Lipinski definition) is 2. The fraction of sp³-hybridized carbons (Fsp3) is 0.444. The molecule has 4 nitrogen and oxygen atoms in total. The zero-order valence-electron chi connectivity index (χ0n) is 12.8. The normalized spacial score (nSPS) is 30.4. The number of aromatic nitrogens is 1. The first-order valence-corrected chi connectivity index (χ1v) is 8.09. The quantitative estimate of drug-likeness (QED) is 0.661. The van der Waals surface area contributed by atoms with E-state index >= 15 is 0 Å². The van der Waals surface area contributed by atoms with E-state index in [-0.39, 0.29) is 17.2 Å². The van der Waals surface area contributed by atoms with Crippen LogP contribution in [0.4, 0.5) is 0 Å². The summed E-state index contributed by atoms with van der Waals surface area (Å²) in [4.78, 5) is 15.5. The topological polar surface area (TPSA) is 57.2 Å². The van der Waals surface area contributed by atoms with E-state index in [4.69, 9.17) is 0 Å². The Bertz CT molecular complexity index is 748. The number of aromatic amines is 1. The van der Waals surface area contributed by atoms with Crippen LogP contribution < -0.4 is 5.43 Å². The molecule has 1 heterocycles. The molecule has 4 heteroatoms. The monoisotopic (exact) mass is 295 g/mol. The van der Waals surface area contributed by atoms with Gasteiger partial charge in [0.1, 0.15) is 0 Å². The minimum absolute atomic E-state index is 0.0884. The summed E-state index contributed by atoms with van der Waals surface area (Å²) in [7, 11) is 0. The van der Waals surface area contributed by atoms with Crippen LogP contribution in [-0.2, 0) is 4.79 Å². The van der Waals surface area contributed by atoms with Crippen LogP contribution in [0.5, 0.6) is 0 Å². The average Bonchev–Trinajstić information content (AvgIpc) is 2.96. The van der Waals surface area contributed by atoms with Crippen LogP contribution in [0.3, 0.4) is 0 Å². The molecule has 22 heavy (non-hydrogen) atoms. The Balaban J connectivity index is 1.43. The SMILES string of the molecule is C[C@]12CCCC[C@@H]1[C@H]2C(=O)N/N=C\c1c[nH]c2ccccc12. The highest BCUT2D eigenvalue weighted by Gasteiger charge is 2.64. The van der Waals surface area contributed by atoms with Gasteiger partial charge in [0.2, 0.25) is 5.91 Å². The molecule has 2 aliphatic rings. The number of hydrogen-bond acceptors (Lipinski definition) is 2. The summed E-state index contributed by atoms with van der Waals surface area (Å²) >= 11 is 0. The molecule has 2 aromatic rings. The average molecular weight is 295 g/mol. The lowest BCUT2D eigenvalue weighted by Gasteiger charge is -2.15. The molecule has 4 rings (SSSR count). The molecule has 2 fully saturated rings. The van der Waals surface area contributed by atoms with Gasteiger partial charge in [0.15, 0.2) is 0 Å². The summed E-state index contributed by atoms with van der Waals surface area (Å²) in [6, 6.07) is 8.07. The summed E-state index contributed by atoms with van der Waals surface area (Å²) in [6.45, 7) is 2.25. The van der Waals surface area contributed by atoms with E-state index in [9.17, 15) is 4.79 Å². The van der Waals surface area contributed by atoms with Crippen molar-refractivity contribution in [3.05, 3.63) is 36.0 Å². The van der Waals surface area contributed by atoms with Crippen molar-refractivity contribution in [2.45, 2.75) is 32.6 Å². The molecule has 3 atom stereocenters. The van der Waals surface area contributed by atoms with Gasteiger partial charge in [0, 0.05) is 28.6 Å². The number of hydrazone groups is 1. The Kier molecular flexibility index (Phi) is 3.06. The third kappa shape index (κ3) is 2.05. The minimum Gasteiger partial charge on any atom is -0.361 e. The largest absolute Gasteiger partial charge is 0.361 e. The van der Waals surface area contributed by atoms with Crippen LogP contribution in [0.1, 0.15) is 38.2 Å². The van der Waals surface area contributed by atoms with Crippen molar-refractivity contribution in [2.75, 3.05) is 0 Å². The predicted octanol–water partition coefficient (Wildman–Crippen LogP) is 3.44. The minimum atomic E-state index is 0.0884. The van der Waals surface area contributed by atoms with Gasteiger partial charge < -0.3 is 4.98 Å². The van der Waals surface area contributed by atoms with E-state index in [0.717, 1.165) is 16.5 Å². The second-order valence-electron chi connectivity index (χ2n) is 6.86. The molecule has 0 aliphatic heterocycles. The highest BCUT2D eigenvalue weighted by atomic mass is 16.2. The first-order chi connectivity index (χ1) is 10.7. The van der Waals surface area contributed by atoms with Gasteiger partial charge >= 0.3 is 0 Å². The first-order valence-electron chi connectivity index (χ1n) is 8.09. The van der Waals surface area contributed by atoms with Crippen LogP contribution >= 0.6 is 0 Å². The van der Waals surface area contributed by atoms with Crippen LogP contribution in [-0.4, -0.2) is 17.1 Å². The Morgan fingerprint density at radius 3 is 3.09 bits per heavy atom. The van der Waals surface area contributed by atoms with E-state index in [0.29, 0.717) is 5.92 Å². The third-order valence-electron chi connectivity index (χ3n) is 5.61. The Morgan fingerprint density at radius 2 is 2.27 bits per heavy atom. The molecule has 0 radical (unpaired) electrons. The highest BCUT2D eigenvalue weighted by Crippen LogP contribution is 2.66. The number of rotatable bonds is 3. The molecule has 0 saturated heterocycles. The van der Waals surface area contributed by atoms with E-state index in [1.807, 2.05) is 30.5 Å². The van der Waals surface area contributed by atoms with Gasteiger partial charge in [0.05, 0.1) is 6.21 Å². The highest BCUT2D eigenvalue weighted by molar-refractivity contribution is 5.99. The van der Waals surface area contributed by atoms with Crippen molar-refractivity contribution in [1.29, 1.82) is 0 Å². The standard InChI is InChI=1S/C18H21N3O/c1-18-9-5-4-7-14(18)16(18)17(22)21-20-11-12-10-19-15-8-3-2-6-13(12)15/h2-3,6,8,10-11,14,16,19H,4-5,7,9H2,1H3,(H,21,22)/b20-11-/t14-,16+,18+/m1/s1. The van der Waals surface area contributed by atoms with Crippen LogP contribution in [0.25, 0.3) is 10.9 Å². The van der Waals surface area contributed by atoms with Crippen molar-refractivity contribution in [3.63, 3.8) is 0 Å². The molecule has 0 unspecified atom stereocenters. The fourth-order valence-electron chi connectivity index (χ4n) is 4.29. The number of nitrogens with one attached hydrogen (secondary N) is 2. The molecule has 114 valence electrons. The van der Waals surface area contributed by atoms with Crippen LogP contribution in [0.15, 0.2) is 35.6 Å². The van der Waals surface area contributed by atoms with Crippen molar-refractivity contribution >= 4 is 23.0 Å². The Hall–Kier alpha value is -2.10. The summed E-state index contributed by atoms with van der Waals surface area (Å²) in [5.74, 6) is 0.824. The molecule has 2 saturated carbocycles. The maximum Gasteiger partial charge on any atom is 0.244 e. The smallest absolute Gasteiger partial charge is 0.244 e. The molecule has 2 N–H and O–H groups in total. The first kappa shape index (κ1) is 13.6. The van der Waals surface area contributed by atoms with Crippen molar-refractivity contribution in [3.8, 4) is 0 Å². The molecule has 2 aliphatic carbocycles. The number of carbonyl (C=O) groups is 1. The zero-order valence-corrected chi connectivity index (χ0v) is 12.8. The Morgan fingerprint density at radius 1 is 1.41 bits per heavy atom. The molecular weight excluding hydrogens is 274 g/mol. The van der Waals surface area contributed by atoms with Crippen LogP contribution in [0, 0.1) is 17.3 Å². The van der Waals surface area contributed by atoms with Gasteiger partial charge in [0.25, 0.3) is 0 Å². The molecular formula is C18H21N3O. The summed E-state index contributed by atoms with van der Waals surface area (Å²) in [6.07, 6.45) is 8.55. The molecule has 1 amide bonds. The molecule has 0 bridgehead atoms. The van der Waals surface area contributed by atoms with E-state index in [1.165, 1.54) is 25.7 Å². The van der Waals surface area contributed by atoms with Gasteiger partial charge in [-0.3, -0.25) is 4.79 Å². The van der Waals surface area contributed by atoms with Gasteiger partial charge in [-0.05, 0) is 30.2 Å². The number of para-hydroxylation sites is 1. The van der Waals surface area contributed by atoms with E-state index in [2.05, 4.69) is 22.4 Å².